The second-order valence-corrected chi connectivity index (χ2v) is 6.31. The predicted molar refractivity (Wildman–Crippen MR) is 72.3 cm³/mol. The van der Waals surface area contributed by atoms with E-state index in [-0.39, 0.29) is 0 Å². The molecular formula is C13H17BrS. The molecule has 1 aromatic rings. The molecule has 0 unspecified atom stereocenters. The van der Waals surface area contributed by atoms with Gasteiger partial charge < -0.3 is 0 Å². The van der Waals surface area contributed by atoms with E-state index in [1.807, 2.05) is 0 Å². The van der Waals surface area contributed by atoms with Crippen molar-refractivity contribution >= 4 is 27.7 Å². The van der Waals surface area contributed by atoms with E-state index < -0.39 is 0 Å². The second kappa shape index (κ2) is 5.95. The van der Waals surface area contributed by atoms with Crippen LogP contribution in [0.4, 0.5) is 0 Å². The molecule has 0 heterocycles. The van der Waals surface area contributed by atoms with Crippen molar-refractivity contribution in [3.8, 4) is 0 Å². The smallest absolute Gasteiger partial charge is 0.0215 e. The van der Waals surface area contributed by atoms with E-state index in [2.05, 4.69) is 52.0 Å². The van der Waals surface area contributed by atoms with E-state index in [0.29, 0.717) is 0 Å². The van der Waals surface area contributed by atoms with E-state index in [9.17, 15) is 0 Å². The Balaban J connectivity index is 1.84. The van der Waals surface area contributed by atoms with Gasteiger partial charge in [-0.1, -0.05) is 53.4 Å². The van der Waals surface area contributed by atoms with Crippen LogP contribution in [0.5, 0.6) is 0 Å². The van der Waals surface area contributed by atoms with Crippen LogP contribution >= 0.6 is 27.7 Å². The predicted octanol–water partition coefficient (Wildman–Crippen LogP) is 5.02. The molecule has 0 atom stereocenters. The van der Waals surface area contributed by atoms with Gasteiger partial charge in [0.1, 0.15) is 0 Å². The number of hydrogen-bond donors (Lipinski definition) is 0. The van der Waals surface area contributed by atoms with E-state index in [1.165, 1.54) is 42.1 Å². The molecule has 1 aliphatic carbocycles. The SMILES string of the molecule is Brc1ccccc1CSC1CCCCC1. The molecule has 2 rings (SSSR count). The van der Waals surface area contributed by atoms with Gasteiger partial charge in [0.25, 0.3) is 0 Å². The molecule has 0 N–H and O–H groups in total. The van der Waals surface area contributed by atoms with Crippen molar-refractivity contribution in [1.82, 2.24) is 0 Å². The molecule has 0 nitrogen and oxygen atoms in total. The van der Waals surface area contributed by atoms with Crippen molar-refractivity contribution in [3.05, 3.63) is 34.3 Å². The monoisotopic (exact) mass is 284 g/mol. The first-order valence-corrected chi connectivity index (χ1v) is 7.55. The minimum absolute atomic E-state index is 0.908. The zero-order chi connectivity index (χ0) is 10.5. The van der Waals surface area contributed by atoms with Gasteiger partial charge in [-0.05, 0) is 24.5 Å². The fourth-order valence-electron chi connectivity index (χ4n) is 2.05. The maximum atomic E-state index is 3.61. The first-order valence-electron chi connectivity index (χ1n) is 5.71. The Morgan fingerprint density at radius 1 is 1.13 bits per heavy atom. The maximum Gasteiger partial charge on any atom is 0.0215 e. The largest absolute Gasteiger partial charge is 0.154 e. The van der Waals surface area contributed by atoms with Gasteiger partial charge in [-0.15, -0.1) is 0 Å². The third kappa shape index (κ3) is 3.53. The standard InChI is InChI=1S/C13H17BrS/c14-13-9-5-4-6-11(13)10-15-12-7-2-1-3-8-12/h4-6,9,12H,1-3,7-8,10H2. The Bertz CT molecular complexity index is 305. The molecule has 0 amide bonds. The lowest BCUT2D eigenvalue weighted by atomic mass is 10.0. The molecule has 15 heavy (non-hydrogen) atoms. The van der Waals surface area contributed by atoms with Gasteiger partial charge in [-0.25, -0.2) is 0 Å². The minimum Gasteiger partial charge on any atom is -0.154 e. The molecule has 0 spiro atoms. The quantitative estimate of drug-likeness (QED) is 0.751. The van der Waals surface area contributed by atoms with Crippen LogP contribution in [0.3, 0.4) is 0 Å². The highest BCUT2D eigenvalue weighted by Crippen LogP contribution is 2.31. The number of rotatable bonds is 3. The van der Waals surface area contributed by atoms with Crippen molar-refractivity contribution < 1.29 is 0 Å². The summed E-state index contributed by atoms with van der Waals surface area (Å²) >= 11 is 5.74. The Morgan fingerprint density at radius 3 is 2.60 bits per heavy atom. The molecule has 82 valence electrons. The third-order valence-electron chi connectivity index (χ3n) is 2.98. The summed E-state index contributed by atoms with van der Waals surface area (Å²) in [6.45, 7) is 0. The molecule has 0 radical (unpaired) electrons. The van der Waals surface area contributed by atoms with E-state index >= 15 is 0 Å². The van der Waals surface area contributed by atoms with Crippen LogP contribution in [0.25, 0.3) is 0 Å². The molecule has 1 fully saturated rings. The molecule has 0 aromatic heterocycles. The molecule has 1 aliphatic rings. The molecule has 2 heteroatoms. The van der Waals surface area contributed by atoms with Crippen LogP contribution < -0.4 is 0 Å². The van der Waals surface area contributed by atoms with Crippen molar-refractivity contribution in [3.63, 3.8) is 0 Å². The van der Waals surface area contributed by atoms with Crippen molar-refractivity contribution in [2.45, 2.75) is 43.1 Å². The van der Waals surface area contributed by atoms with E-state index in [1.54, 1.807) is 0 Å². The number of hydrogen-bond acceptors (Lipinski definition) is 1. The Labute approximate surface area is 105 Å². The van der Waals surface area contributed by atoms with Gasteiger partial charge in [0.15, 0.2) is 0 Å². The van der Waals surface area contributed by atoms with Crippen molar-refractivity contribution in [1.29, 1.82) is 0 Å². The zero-order valence-corrected chi connectivity index (χ0v) is 11.3. The lowest BCUT2D eigenvalue weighted by Crippen LogP contribution is -2.08. The molecule has 1 aromatic carbocycles. The van der Waals surface area contributed by atoms with Crippen LogP contribution in [-0.4, -0.2) is 5.25 Å². The summed E-state index contributed by atoms with van der Waals surface area (Å²) in [5.74, 6) is 1.16. The number of benzene rings is 1. The van der Waals surface area contributed by atoms with E-state index in [0.717, 1.165) is 11.0 Å². The molecule has 0 bridgehead atoms. The zero-order valence-electron chi connectivity index (χ0n) is 8.92. The summed E-state index contributed by atoms with van der Waals surface area (Å²) < 4.78 is 1.26. The van der Waals surface area contributed by atoms with Gasteiger partial charge in [-0.2, -0.15) is 11.8 Å². The van der Waals surface area contributed by atoms with Crippen LogP contribution in [0.2, 0.25) is 0 Å². The van der Waals surface area contributed by atoms with Crippen LogP contribution in [0.15, 0.2) is 28.7 Å². The summed E-state index contributed by atoms with van der Waals surface area (Å²) in [6.07, 6.45) is 7.18. The summed E-state index contributed by atoms with van der Waals surface area (Å²) in [5.41, 5.74) is 1.44. The van der Waals surface area contributed by atoms with Crippen molar-refractivity contribution in [2.24, 2.45) is 0 Å². The highest BCUT2D eigenvalue weighted by molar-refractivity contribution is 9.10. The summed E-state index contributed by atoms with van der Waals surface area (Å²) in [7, 11) is 0. The van der Waals surface area contributed by atoms with Gasteiger partial charge in [0, 0.05) is 15.5 Å². The van der Waals surface area contributed by atoms with Gasteiger partial charge >= 0.3 is 0 Å². The first-order chi connectivity index (χ1) is 7.36. The Kier molecular flexibility index (Phi) is 4.58. The summed E-state index contributed by atoms with van der Waals surface area (Å²) in [5, 5.41) is 0.908. The topological polar surface area (TPSA) is 0 Å². The molecule has 1 saturated carbocycles. The summed E-state index contributed by atoms with van der Waals surface area (Å²) in [6, 6.07) is 8.57. The fraction of sp³-hybridized carbons (Fsp3) is 0.538. The molecular weight excluding hydrogens is 268 g/mol. The van der Waals surface area contributed by atoms with E-state index in [4.69, 9.17) is 0 Å². The molecule has 0 saturated heterocycles. The Morgan fingerprint density at radius 2 is 1.87 bits per heavy atom. The number of halogens is 1. The minimum atomic E-state index is 0.908. The third-order valence-corrected chi connectivity index (χ3v) is 5.18. The van der Waals surface area contributed by atoms with Gasteiger partial charge in [0.2, 0.25) is 0 Å². The van der Waals surface area contributed by atoms with Gasteiger partial charge in [0.05, 0.1) is 0 Å². The van der Waals surface area contributed by atoms with Gasteiger partial charge in [-0.3, -0.25) is 0 Å². The van der Waals surface area contributed by atoms with Crippen LogP contribution in [0.1, 0.15) is 37.7 Å². The second-order valence-electron chi connectivity index (χ2n) is 4.16. The van der Waals surface area contributed by atoms with Crippen molar-refractivity contribution in [2.75, 3.05) is 0 Å². The number of thioether (sulfide) groups is 1. The lowest BCUT2D eigenvalue weighted by Gasteiger charge is -2.21. The van der Waals surface area contributed by atoms with Crippen LogP contribution in [-0.2, 0) is 5.75 Å². The fourth-order valence-corrected chi connectivity index (χ4v) is 4.00. The maximum absolute atomic E-state index is 3.61. The normalized spacial score (nSPS) is 17.9. The molecule has 0 aliphatic heterocycles. The average Bonchev–Trinajstić information content (AvgIpc) is 2.29. The first kappa shape index (κ1) is 11.5. The average molecular weight is 285 g/mol. The Hall–Kier alpha value is 0.0500. The van der Waals surface area contributed by atoms with Crippen LogP contribution in [0, 0.1) is 0 Å². The lowest BCUT2D eigenvalue weighted by molar-refractivity contribution is 0.516. The summed E-state index contributed by atoms with van der Waals surface area (Å²) in [4.78, 5) is 0. The highest BCUT2D eigenvalue weighted by Gasteiger charge is 2.13. The highest BCUT2D eigenvalue weighted by atomic mass is 79.9.